The summed E-state index contributed by atoms with van der Waals surface area (Å²) >= 11 is 5.80. The molecule has 0 unspecified atom stereocenters. The highest BCUT2D eigenvalue weighted by Crippen LogP contribution is 2.20. The molecule has 0 atom stereocenters. The van der Waals surface area contributed by atoms with E-state index in [2.05, 4.69) is 16.0 Å². The molecule has 1 fully saturated rings. The fraction of sp³-hybridized carbons (Fsp3) is 0.250. The van der Waals surface area contributed by atoms with E-state index in [0.717, 1.165) is 17.7 Å². The number of rotatable bonds is 6. The van der Waals surface area contributed by atoms with E-state index in [1.54, 1.807) is 30.0 Å². The smallest absolute Gasteiger partial charge is 0.317 e. The molecule has 7 nitrogen and oxygen atoms in total. The summed E-state index contributed by atoms with van der Waals surface area (Å²) in [6.45, 7) is 3.71. The van der Waals surface area contributed by atoms with Crippen molar-refractivity contribution in [3.63, 3.8) is 0 Å². The zero-order valence-electron chi connectivity index (χ0n) is 15.7. The number of carbonyl (C=O) groups is 3. The zero-order valence-corrected chi connectivity index (χ0v) is 16.5. The van der Waals surface area contributed by atoms with Crippen LogP contribution in [0, 0.1) is 12.7 Å². The third-order valence-electron chi connectivity index (χ3n) is 4.49. The Morgan fingerprint density at radius 3 is 2.66 bits per heavy atom. The average Bonchev–Trinajstić information content (AvgIpc) is 3.07. The molecule has 1 heterocycles. The molecule has 9 heteroatoms. The highest BCUT2D eigenvalue weighted by molar-refractivity contribution is 6.31. The number of urea groups is 1. The van der Waals surface area contributed by atoms with Gasteiger partial charge in [0.2, 0.25) is 0 Å². The molecule has 0 bridgehead atoms. The quantitative estimate of drug-likeness (QED) is 0.673. The molecule has 0 radical (unpaired) electrons. The number of benzene rings is 2. The van der Waals surface area contributed by atoms with E-state index in [0.29, 0.717) is 37.4 Å². The Labute approximate surface area is 172 Å². The highest BCUT2D eigenvalue weighted by atomic mass is 35.5. The van der Waals surface area contributed by atoms with Gasteiger partial charge in [-0.25, -0.2) is 9.18 Å². The molecule has 152 valence electrons. The number of nitrogens with zero attached hydrogens (tertiary/aromatic N) is 1. The second-order valence-electron chi connectivity index (χ2n) is 6.62. The average molecular weight is 419 g/mol. The number of nitrogens with one attached hydrogen (secondary N) is 3. The van der Waals surface area contributed by atoms with Gasteiger partial charge in [0.25, 0.3) is 11.8 Å². The van der Waals surface area contributed by atoms with Crippen LogP contribution in [0.1, 0.15) is 26.3 Å². The van der Waals surface area contributed by atoms with Crippen molar-refractivity contribution in [3.05, 3.63) is 63.9 Å². The monoisotopic (exact) mass is 418 g/mol. The summed E-state index contributed by atoms with van der Waals surface area (Å²) < 4.78 is 13.5. The minimum Gasteiger partial charge on any atom is -0.350 e. The third kappa shape index (κ3) is 5.23. The fourth-order valence-electron chi connectivity index (χ4n) is 2.91. The minimum absolute atomic E-state index is 0.0770. The van der Waals surface area contributed by atoms with Crippen molar-refractivity contribution in [2.24, 2.45) is 0 Å². The number of aryl methyl sites for hydroxylation is 1. The maximum Gasteiger partial charge on any atom is 0.317 e. The van der Waals surface area contributed by atoms with Crippen molar-refractivity contribution in [2.45, 2.75) is 6.92 Å². The van der Waals surface area contributed by atoms with Gasteiger partial charge in [-0.3, -0.25) is 9.59 Å². The van der Waals surface area contributed by atoms with Gasteiger partial charge >= 0.3 is 6.03 Å². The van der Waals surface area contributed by atoms with Crippen LogP contribution in [0.15, 0.2) is 36.4 Å². The Balaban J connectivity index is 1.64. The van der Waals surface area contributed by atoms with Crippen LogP contribution >= 0.6 is 11.6 Å². The molecule has 2 aromatic carbocycles. The predicted molar refractivity (Wildman–Crippen MR) is 108 cm³/mol. The van der Waals surface area contributed by atoms with Crippen LogP contribution in [0.3, 0.4) is 0 Å². The Morgan fingerprint density at radius 1 is 1.17 bits per heavy atom. The maximum absolute atomic E-state index is 13.5. The standard InChI is InChI=1S/C20H20ClFN4O3/c1-12-2-3-13(18(27)23-4-6-26-7-5-24-20(26)29)10-17(12)25-19(28)14-8-15(21)11-16(22)9-14/h2-3,8-11H,4-7H2,1H3,(H,23,27)(H,24,29)(H,25,28). The first-order chi connectivity index (χ1) is 13.8. The third-order valence-corrected chi connectivity index (χ3v) is 4.70. The van der Waals surface area contributed by atoms with Crippen molar-refractivity contribution >= 4 is 35.1 Å². The van der Waals surface area contributed by atoms with Crippen molar-refractivity contribution in [1.29, 1.82) is 0 Å². The van der Waals surface area contributed by atoms with Gasteiger partial charge in [0.15, 0.2) is 0 Å². The number of anilines is 1. The fourth-order valence-corrected chi connectivity index (χ4v) is 3.13. The lowest BCUT2D eigenvalue weighted by Gasteiger charge is -2.15. The van der Waals surface area contributed by atoms with Gasteiger partial charge in [0.05, 0.1) is 0 Å². The molecule has 29 heavy (non-hydrogen) atoms. The first-order valence-corrected chi connectivity index (χ1v) is 9.40. The molecule has 1 aliphatic rings. The second-order valence-corrected chi connectivity index (χ2v) is 7.05. The van der Waals surface area contributed by atoms with Gasteiger partial charge in [-0.2, -0.15) is 0 Å². The summed E-state index contributed by atoms with van der Waals surface area (Å²) in [7, 11) is 0. The summed E-state index contributed by atoms with van der Waals surface area (Å²) in [5, 5.41) is 8.24. The molecule has 0 aliphatic carbocycles. The number of amides is 4. The Hall–Kier alpha value is -3.13. The molecule has 3 rings (SSSR count). The molecule has 1 aliphatic heterocycles. The lowest BCUT2D eigenvalue weighted by molar-refractivity contribution is 0.0949. The Morgan fingerprint density at radius 2 is 1.97 bits per heavy atom. The van der Waals surface area contributed by atoms with Crippen molar-refractivity contribution in [3.8, 4) is 0 Å². The predicted octanol–water partition coefficient (Wildman–Crippen LogP) is 2.79. The van der Waals surface area contributed by atoms with E-state index in [-0.39, 0.29) is 22.5 Å². The lowest BCUT2D eigenvalue weighted by atomic mass is 10.1. The van der Waals surface area contributed by atoms with Crippen molar-refractivity contribution in [1.82, 2.24) is 15.5 Å². The summed E-state index contributed by atoms with van der Waals surface area (Å²) in [5.74, 6) is -1.47. The molecular weight excluding hydrogens is 399 g/mol. The maximum atomic E-state index is 13.5. The van der Waals surface area contributed by atoms with E-state index < -0.39 is 11.7 Å². The molecule has 0 aromatic heterocycles. The van der Waals surface area contributed by atoms with Crippen LogP contribution < -0.4 is 16.0 Å². The van der Waals surface area contributed by atoms with Crippen LogP contribution in [0.4, 0.5) is 14.9 Å². The summed E-state index contributed by atoms with van der Waals surface area (Å²) in [4.78, 5) is 37.9. The summed E-state index contributed by atoms with van der Waals surface area (Å²) in [6.07, 6.45) is 0. The van der Waals surface area contributed by atoms with Gasteiger partial charge in [0.1, 0.15) is 5.82 Å². The molecule has 0 saturated carbocycles. The number of halogens is 2. The molecule has 1 saturated heterocycles. The van der Waals surface area contributed by atoms with Crippen LogP contribution in [0.2, 0.25) is 5.02 Å². The lowest BCUT2D eigenvalue weighted by Crippen LogP contribution is -2.36. The van der Waals surface area contributed by atoms with E-state index >= 15 is 0 Å². The number of carbonyl (C=O) groups excluding carboxylic acids is 3. The first kappa shape index (κ1) is 20.6. The summed E-state index contributed by atoms with van der Waals surface area (Å²) in [5.41, 5.74) is 1.61. The van der Waals surface area contributed by atoms with E-state index in [4.69, 9.17) is 11.6 Å². The zero-order chi connectivity index (χ0) is 21.0. The Kier molecular flexibility index (Phi) is 6.33. The van der Waals surface area contributed by atoms with Crippen molar-refractivity contribution in [2.75, 3.05) is 31.5 Å². The summed E-state index contributed by atoms with van der Waals surface area (Å²) in [6, 6.07) is 8.31. The van der Waals surface area contributed by atoms with Gasteiger partial charge < -0.3 is 20.9 Å². The highest BCUT2D eigenvalue weighted by Gasteiger charge is 2.19. The van der Waals surface area contributed by atoms with Gasteiger partial charge in [0, 0.05) is 48.0 Å². The first-order valence-electron chi connectivity index (χ1n) is 9.02. The van der Waals surface area contributed by atoms with Gasteiger partial charge in [-0.1, -0.05) is 17.7 Å². The topological polar surface area (TPSA) is 90.5 Å². The molecule has 4 amide bonds. The van der Waals surface area contributed by atoms with Crippen molar-refractivity contribution < 1.29 is 18.8 Å². The minimum atomic E-state index is -0.612. The van der Waals surface area contributed by atoms with E-state index in [1.807, 2.05) is 0 Å². The molecule has 0 spiro atoms. The molecular formula is C20H20ClFN4O3. The number of hydrogen-bond donors (Lipinski definition) is 3. The van der Waals surface area contributed by atoms with E-state index in [9.17, 15) is 18.8 Å². The van der Waals surface area contributed by atoms with Crippen LogP contribution in [0.25, 0.3) is 0 Å². The van der Waals surface area contributed by atoms with Gasteiger partial charge in [-0.15, -0.1) is 0 Å². The van der Waals surface area contributed by atoms with Gasteiger partial charge in [-0.05, 0) is 42.8 Å². The molecule has 2 aromatic rings. The molecule has 3 N–H and O–H groups in total. The largest absolute Gasteiger partial charge is 0.350 e. The van der Waals surface area contributed by atoms with E-state index in [1.165, 1.54) is 6.07 Å². The van der Waals surface area contributed by atoms with Crippen LogP contribution in [-0.2, 0) is 0 Å². The SMILES string of the molecule is Cc1ccc(C(=O)NCCN2CCNC2=O)cc1NC(=O)c1cc(F)cc(Cl)c1. The normalized spacial score (nSPS) is 13.2. The number of hydrogen-bond acceptors (Lipinski definition) is 3. The van der Waals surface area contributed by atoms with Crippen LogP contribution in [-0.4, -0.2) is 48.9 Å². The second kappa shape index (κ2) is 8.91. The Bertz CT molecular complexity index is 946. The van der Waals surface area contributed by atoms with Crippen LogP contribution in [0.5, 0.6) is 0 Å².